The van der Waals surface area contributed by atoms with E-state index >= 15 is 0 Å². The third-order valence-corrected chi connectivity index (χ3v) is 3.28. The molecule has 6 nitrogen and oxygen atoms in total. The molecule has 0 aliphatic carbocycles. The Kier molecular flexibility index (Phi) is 6.19. The lowest BCUT2D eigenvalue weighted by atomic mass is 10.2. The summed E-state index contributed by atoms with van der Waals surface area (Å²) in [6.07, 6.45) is -0.193. The van der Waals surface area contributed by atoms with E-state index in [0.29, 0.717) is 23.8 Å². The van der Waals surface area contributed by atoms with Gasteiger partial charge in [0.25, 0.3) is 0 Å². The molecule has 0 unspecified atom stereocenters. The molecule has 24 heavy (non-hydrogen) atoms. The lowest BCUT2D eigenvalue weighted by Crippen LogP contribution is -2.23. The van der Waals surface area contributed by atoms with E-state index in [1.165, 1.54) is 0 Å². The zero-order valence-corrected chi connectivity index (χ0v) is 13.3. The monoisotopic (exact) mass is 329 g/mol. The number of carboxylic acids is 1. The van der Waals surface area contributed by atoms with Gasteiger partial charge in [-0.15, -0.1) is 0 Å². The molecule has 0 aliphatic rings. The van der Waals surface area contributed by atoms with Crippen molar-refractivity contribution >= 4 is 11.9 Å². The van der Waals surface area contributed by atoms with Crippen LogP contribution in [0.25, 0.3) is 0 Å². The smallest absolute Gasteiger partial charge is 0.303 e. The van der Waals surface area contributed by atoms with Crippen LogP contribution in [0.15, 0.2) is 48.5 Å². The molecule has 0 saturated carbocycles. The van der Waals surface area contributed by atoms with Crippen LogP contribution >= 0.6 is 0 Å². The summed E-state index contributed by atoms with van der Waals surface area (Å²) in [7, 11) is 1.58. The fraction of sp³-hybridized carbons (Fsp3) is 0.222. The van der Waals surface area contributed by atoms with E-state index in [9.17, 15) is 9.59 Å². The maximum atomic E-state index is 11.5. The van der Waals surface area contributed by atoms with E-state index in [2.05, 4.69) is 5.32 Å². The highest BCUT2D eigenvalue weighted by atomic mass is 16.5. The van der Waals surface area contributed by atoms with Gasteiger partial charge in [0.15, 0.2) is 11.5 Å². The van der Waals surface area contributed by atoms with Crippen molar-refractivity contribution in [2.24, 2.45) is 0 Å². The van der Waals surface area contributed by atoms with Crippen LogP contribution in [0.2, 0.25) is 0 Å². The Bertz CT molecular complexity index is 697. The van der Waals surface area contributed by atoms with Crippen LogP contribution in [0.5, 0.6) is 17.2 Å². The van der Waals surface area contributed by atoms with Gasteiger partial charge in [-0.3, -0.25) is 9.59 Å². The standard InChI is InChI=1S/C18H19NO5/c1-23-15-4-2-3-5-16(15)24-14-8-6-13(7-9-14)12-19-17(20)10-11-18(21)22/h2-9H,10-12H2,1H3,(H,19,20)(H,21,22). The Hall–Kier alpha value is -3.02. The van der Waals surface area contributed by atoms with Crippen LogP contribution < -0.4 is 14.8 Å². The molecular formula is C18H19NO5. The van der Waals surface area contributed by atoms with Crippen molar-refractivity contribution < 1.29 is 24.2 Å². The first-order valence-corrected chi connectivity index (χ1v) is 7.47. The third-order valence-electron chi connectivity index (χ3n) is 3.28. The van der Waals surface area contributed by atoms with Crippen LogP contribution in [0, 0.1) is 0 Å². The number of amides is 1. The number of carboxylic acid groups (broad SMARTS) is 1. The molecule has 2 rings (SSSR count). The fourth-order valence-corrected chi connectivity index (χ4v) is 2.01. The van der Waals surface area contributed by atoms with Gasteiger partial charge in [0.05, 0.1) is 13.5 Å². The number of rotatable bonds is 8. The number of ether oxygens (including phenoxy) is 2. The highest BCUT2D eigenvalue weighted by molar-refractivity contribution is 5.80. The van der Waals surface area contributed by atoms with Crippen molar-refractivity contribution in [1.82, 2.24) is 5.32 Å². The van der Waals surface area contributed by atoms with Gasteiger partial charge in [-0.25, -0.2) is 0 Å². The van der Waals surface area contributed by atoms with E-state index in [0.717, 1.165) is 5.56 Å². The van der Waals surface area contributed by atoms with Crippen LogP contribution in [0.1, 0.15) is 18.4 Å². The van der Waals surface area contributed by atoms with Crippen molar-refractivity contribution in [2.75, 3.05) is 7.11 Å². The lowest BCUT2D eigenvalue weighted by Gasteiger charge is -2.10. The molecule has 0 radical (unpaired) electrons. The Morgan fingerprint density at radius 2 is 1.67 bits per heavy atom. The molecular weight excluding hydrogens is 310 g/mol. The summed E-state index contributed by atoms with van der Waals surface area (Å²) in [5, 5.41) is 11.2. The number of hydrogen-bond donors (Lipinski definition) is 2. The first kappa shape index (κ1) is 17.3. The van der Waals surface area contributed by atoms with Gasteiger partial charge >= 0.3 is 5.97 Å². The lowest BCUT2D eigenvalue weighted by molar-refractivity contribution is -0.138. The Morgan fingerprint density at radius 3 is 2.29 bits per heavy atom. The summed E-state index contributed by atoms with van der Waals surface area (Å²) in [5.74, 6) is 0.650. The van der Waals surface area contributed by atoms with Crippen molar-refractivity contribution in [3.63, 3.8) is 0 Å². The molecule has 0 heterocycles. The van der Waals surface area contributed by atoms with Gasteiger partial charge < -0.3 is 19.9 Å². The van der Waals surface area contributed by atoms with Crippen molar-refractivity contribution in [2.45, 2.75) is 19.4 Å². The van der Waals surface area contributed by atoms with Gasteiger partial charge in [0.2, 0.25) is 5.91 Å². The molecule has 0 aromatic heterocycles. The van der Waals surface area contributed by atoms with Crippen LogP contribution in [0.4, 0.5) is 0 Å². The first-order valence-electron chi connectivity index (χ1n) is 7.47. The zero-order valence-electron chi connectivity index (χ0n) is 13.3. The number of nitrogens with one attached hydrogen (secondary N) is 1. The predicted octanol–water partition coefficient (Wildman–Crippen LogP) is 2.97. The molecule has 0 atom stereocenters. The fourth-order valence-electron chi connectivity index (χ4n) is 2.01. The number of methoxy groups -OCH3 is 1. The number of carbonyl (C=O) groups excluding carboxylic acids is 1. The molecule has 0 fully saturated rings. The third kappa shape index (κ3) is 5.31. The predicted molar refractivity (Wildman–Crippen MR) is 88.2 cm³/mol. The molecule has 2 aromatic rings. The SMILES string of the molecule is COc1ccccc1Oc1ccc(CNC(=O)CCC(=O)O)cc1. The minimum absolute atomic E-state index is 0.0235. The second-order valence-corrected chi connectivity index (χ2v) is 5.07. The molecule has 1 amide bonds. The van der Waals surface area contributed by atoms with Gasteiger partial charge in [0.1, 0.15) is 5.75 Å². The molecule has 126 valence electrons. The first-order chi connectivity index (χ1) is 11.6. The van der Waals surface area contributed by atoms with E-state index in [1.807, 2.05) is 36.4 Å². The summed E-state index contributed by atoms with van der Waals surface area (Å²) >= 11 is 0. The van der Waals surface area contributed by atoms with Crippen LogP contribution in [-0.2, 0) is 16.1 Å². The molecule has 2 N–H and O–H groups in total. The van der Waals surface area contributed by atoms with Crippen molar-refractivity contribution in [1.29, 1.82) is 0 Å². The molecule has 2 aromatic carbocycles. The second-order valence-electron chi connectivity index (χ2n) is 5.07. The minimum atomic E-state index is -0.983. The largest absolute Gasteiger partial charge is 0.493 e. The number of carbonyl (C=O) groups is 2. The maximum Gasteiger partial charge on any atom is 0.303 e. The minimum Gasteiger partial charge on any atom is -0.493 e. The molecule has 0 spiro atoms. The highest BCUT2D eigenvalue weighted by Crippen LogP contribution is 2.30. The van der Waals surface area contributed by atoms with Crippen molar-refractivity contribution in [3.8, 4) is 17.2 Å². The van der Waals surface area contributed by atoms with Crippen LogP contribution in [0.3, 0.4) is 0 Å². The average molecular weight is 329 g/mol. The molecule has 0 saturated heterocycles. The molecule has 0 aliphatic heterocycles. The number of aliphatic carboxylic acids is 1. The van der Waals surface area contributed by atoms with Gasteiger partial charge in [-0.2, -0.15) is 0 Å². The normalized spacial score (nSPS) is 10.0. The summed E-state index contributed by atoms with van der Waals surface area (Å²) in [6.45, 7) is 0.341. The topological polar surface area (TPSA) is 84.9 Å². The summed E-state index contributed by atoms with van der Waals surface area (Å²) in [5.41, 5.74) is 0.894. The Morgan fingerprint density at radius 1 is 1.00 bits per heavy atom. The zero-order chi connectivity index (χ0) is 17.4. The Balaban J connectivity index is 1.89. The van der Waals surface area contributed by atoms with Gasteiger partial charge in [-0.05, 0) is 29.8 Å². The second kappa shape index (κ2) is 8.57. The number of para-hydroxylation sites is 2. The Labute approximate surface area is 140 Å². The number of hydrogen-bond acceptors (Lipinski definition) is 4. The summed E-state index contributed by atoms with van der Waals surface area (Å²) < 4.78 is 11.0. The van der Waals surface area contributed by atoms with Crippen LogP contribution in [-0.4, -0.2) is 24.1 Å². The average Bonchev–Trinajstić information content (AvgIpc) is 2.60. The summed E-state index contributed by atoms with van der Waals surface area (Å²) in [6, 6.07) is 14.6. The molecule has 0 bridgehead atoms. The van der Waals surface area contributed by atoms with Gasteiger partial charge in [0, 0.05) is 13.0 Å². The maximum absolute atomic E-state index is 11.5. The van der Waals surface area contributed by atoms with E-state index in [-0.39, 0.29) is 18.7 Å². The van der Waals surface area contributed by atoms with Gasteiger partial charge in [-0.1, -0.05) is 24.3 Å². The van der Waals surface area contributed by atoms with Crippen molar-refractivity contribution in [3.05, 3.63) is 54.1 Å². The highest BCUT2D eigenvalue weighted by Gasteiger charge is 2.06. The van der Waals surface area contributed by atoms with E-state index in [1.54, 1.807) is 19.2 Å². The number of benzene rings is 2. The van der Waals surface area contributed by atoms with E-state index < -0.39 is 5.97 Å². The quantitative estimate of drug-likeness (QED) is 0.778. The summed E-state index contributed by atoms with van der Waals surface area (Å²) in [4.78, 5) is 21.9. The molecule has 6 heteroatoms. The van der Waals surface area contributed by atoms with E-state index in [4.69, 9.17) is 14.6 Å².